The number of sulfone groups is 1. The van der Waals surface area contributed by atoms with Gasteiger partial charge in [-0.15, -0.1) is 0 Å². The van der Waals surface area contributed by atoms with Crippen LogP contribution in [-0.2, 0) is 21.4 Å². The summed E-state index contributed by atoms with van der Waals surface area (Å²) >= 11 is 0. The van der Waals surface area contributed by atoms with Crippen LogP contribution in [0.25, 0.3) is 0 Å². The molecule has 0 radical (unpaired) electrons. The summed E-state index contributed by atoms with van der Waals surface area (Å²) in [7, 11) is -3.80. The van der Waals surface area contributed by atoms with E-state index in [1.165, 1.54) is 4.90 Å². The molecule has 1 amide bonds. The number of nitrogens with zero attached hydrogens (tertiary/aromatic N) is 2. The predicted molar refractivity (Wildman–Crippen MR) is 103 cm³/mol. The number of halogens is 6. The molecule has 2 heterocycles. The third-order valence-corrected chi connectivity index (χ3v) is 7.22. The van der Waals surface area contributed by atoms with Crippen molar-refractivity contribution in [2.75, 3.05) is 19.3 Å². The van der Waals surface area contributed by atoms with Crippen LogP contribution in [0, 0.1) is 5.92 Å². The largest absolute Gasteiger partial charge is 0.480 e. The second kappa shape index (κ2) is 7.62. The number of fused-ring (bicyclic) bond motifs is 1. The highest BCUT2D eigenvalue weighted by Gasteiger charge is 2.64. The number of benzene rings is 1. The van der Waals surface area contributed by atoms with E-state index in [4.69, 9.17) is 4.74 Å². The van der Waals surface area contributed by atoms with Gasteiger partial charge in [0, 0.05) is 30.8 Å². The Morgan fingerprint density at radius 1 is 1.24 bits per heavy atom. The molecule has 2 aromatic rings. The van der Waals surface area contributed by atoms with Crippen LogP contribution < -0.4 is 4.74 Å². The molecule has 1 saturated heterocycles. The zero-order chi connectivity index (χ0) is 25.3. The zero-order valence-corrected chi connectivity index (χ0v) is 18.5. The number of ether oxygens (including phenoxy) is 1. The predicted octanol–water partition coefficient (Wildman–Crippen LogP) is 3.84. The van der Waals surface area contributed by atoms with Crippen LogP contribution in [0.3, 0.4) is 0 Å². The average Bonchev–Trinajstić information content (AvgIpc) is 3.07. The molecule has 2 fully saturated rings. The number of hydrogen-bond acceptors (Lipinski definition) is 6. The molecule has 0 spiro atoms. The van der Waals surface area contributed by atoms with Crippen molar-refractivity contribution in [1.29, 1.82) is 0 Å². The number of alkyl halides is 6. The number of piperidine rings is 1. The number of carbonyl (C=O) groups excluding carboxylic acids is 1. The summed E-state index contributed by atoms with van der Waals surface area (Å²) in [6.45, 7) is 0.781. The minimum Gasteiger partial charge on any atom is -0.480 e. The minimum absolute atomic E-state index is 0.0344. The second-order valence-corrected chi connectivity index (χ2v) is 10.6. The second-order valence-electron chi connectivity index (χ2n) is 8.55. The molecule has 0 N–H and O–H groups in total. The smallest absolute Gasteiger partial charge is 0.452 e. The quantitative estimate of drug-likeness (QED) is 0.566. The first-order valence-corrected chi connectivity index (χ1v) is 11.8. The summed E-state index contributed by atoms with van der Waals surface area (Å²) in [6, 6.07) is 3.72. The fourth-order valence-corrected chi connectivity index (χ4v) is 4.76. The van der Waals surface area contributed by atoms with E-state index < -0.39 is 56.7 Å². The normalized spacial score (nSPS) is 23.5. The Morgan fingerprint density at radius 2 is 1.91 bits per heavy atom. The Balaban J connectivity index is 1.63. The Morgan fingerprint density at radius 3 is 2.47 bits per heavy atom. The van der Waals surface area contributed by atoms with Crippen molar-refractivity contribution in [3.8, 4) is 5.75 Å². The molecule has 1 aliphatic heterocycles. The first kappa shape index (κ1) is 24.4. The molecule has 2 unspecified atom stereocenters. The van der Waals surface area contributed by atoms with Crippen molar-refractivity contribution in [3.05, 3.63) is 41.3 Å². The molecule has 4 rings (SSSR count). The number of amides is 1. The molecule has 1 aromatic heterocycles. The lowest BCUT2D eigenvalue weighted by Gasteiger charge is -2.24. The molecular formula is C20H18F6N2O5S. The average molecular weight is 512 g/mol. The number of aromatic nitrogens is 1. The van der Waals surface area contributed by atoms with E-state index in [0.29, 0.717) is 6.42 Å². The topological polar surface area (TPSA) is 89.7 Å². The van der Waals surface area contributed by atoms with Gasteiger partial charge in [-0.05, 0) is 37.5 Å². The van der Waals surface area contributed by atoms with Gasteiger partial charge in [-0.3, -0.25) is 4.79 Å². The lowest BCUT2D eigenvalue weighted by Crippen LogP contribution is -2.35. The van der Waals surface area contributed by atoms with Crippen molar-refractivity contribution in [2.24, 2.45) is 5.92 Å². The number of hydrogen-bond donors (Lipinski definition) is 0. The fraction of sp³-hybridized carbons (Fsp3) is 0.500. The molecule has 1 saturated carbocycles. The highest BCUT2D eigenvalue weighted by molar-refractivity contribution is 7.90. The van der Waals surface area contributed by atoms with E-state index in [1.807, 2.05) is 0 Å². The molecular weight excluding hydrogens is 494 g/mol. The van der Waals surface area contributed by atoms with Crippen LogP contribution in [0.4, 0.5) is 26.3 Å². The number of carbonyl (C=O) groups is 1. The lowest BCUT2D eigenvalue weighted by atomic mass is 10.0. The van der Waals surface area contributed by atoms with Gasteiger partial charge in [0.1, 0.15) is 5.75 Å². The van der Waals surface area contributed by atoms with Gasteiger partial charge in [0.15, 0.2) is 15.9 Å². The van der Waals surface area contributed by atoms with Gasteiger partial charge < -0.3 is 14.2 Å². The van der Waals surface area contributed by atoms with E-state index >= 15 is 0 Å². The Hall–Kier alpha value is -2.77. The summed E-state index contributed by atoms with van der Waals surface area (Å²) < 4.78 is 111. The first-order valence-electron chi connectivity index (χ1n) is 9.93. The summed E-state index contributed by atoms with van der Waals surface area (Å²) in [6.07, 6.45) is -10.4. The third kappa shape index (κ3) is 4.34. The van der Waals surface area contributed by atoms with E-state index in [1.54, 1.807) is 0 Å². The molecule has 1 aliphatic carbocycles. The van der Waals surface area contributed by atoms with E-state index in [-0.39, 0.29) is 29.6 Å². The van der Waals surface area contributed by atoms with Crippen molar-refractivity contribution in [3.63, 3.8) is 0 Å². The summed E-state index contributed by atoms with van der Waals surface area (Å²) in [5.74, 6) is -2.76. The van der Waals surface area contributed by atoms with Crippen LogP contribution in [0.15, 0.2) is 33.7 Å². The fourth-order valence-electron chi connectivity index (χ4n) is 4.11. The maximum Gasteiger partial charge on any atom is 0.452 e. The molecule has 0 bridgehead atoms. The minimum atomic E-state index is -4.74. The van der Waals surface area contributed by atoms with Gasteiger partial charge in [0.25, 0.3) is 5.91 Å². The maximum atomic E-state index is 13.2. The van der Waals surface area contributed by atoms with Gasteiger partial charge in [0.05, 0.1) is 16.2 Å². The van der Waals surface area contributed by atoms with E-state index in [2.05, 4.69) is 9.68 Å². The number of rotatable bonds is 5. The van der Waals surface area contributed by atoms with E-state index in [9.17, 15) is 39.6 Å². The summed E-state index contributed by atoms with van der Waals surface area (Å²) in [5.41, 5.74) is -1.23. The van der Waals surface area contributed by atoms with Crippen molar-refractivity contribution < 1.29 is 48.8 Å². The van der Waals surface area contributed by atoms with Gasteiger partial charge in [-0.1, -0.05) is 5.16 Å². The Bertz CT molecular complexity index is 1240. The monoisotopic (exact) mass is 512 g/mol. The van der Waals surface area contributed by atoms with E-state index in [0.717, 1.165) is 37.4 Å². The van der Waals surface area contributed by atoms with Crippen molar-refractivity contribution in [2.45, 2.75) is 42.1 Å². The molecule has 1 aromatic carbocycles. The molecule has 186 valence electrons. The van der Waals surface area contributed by atoms with Gasteiger partial charge in [-0.25, -0.2) is 8.42 Å². The van der Waals surface area contributed by atoms with Crippen LogP contribution in [0.5, 0.6) is 5.75 Å². The highest BCUT2D eigenvalue weighted by atomic mass is 32.2. The molecule has 3 atom stereocenters. The van der Waals surface area contributed by atoms with Crippen LogP contribution in [0.2, 0.25) is 0 Å². The first-order chi connectivity index (χ1) is 15.5. The summed E-state index contributed by atoms with van der Waals surface area (Å²) in [5, 5.41) is 3.51. The number of likely N-dealkylation sites (tertiary alicyclic amines) is 1. The maximum absolute atomic E-state index is 13.2. The van der Waals surface area contributed by atoms with Crippen LogP contribution in [0.1, 0.15) is 35.2 Å². The van der Waals surface area contributed by atoms with Gasteiger partial charge in [-0.2, -0.15) is 26.3 Å². The molecule has 2 aliphatic rings. The molecule has 14 heteroatoms. The summed E-state index contributed by atoms with van der Waals surface area (Å²) in [4.78, 5) is 14.2. The molecule has 7 nitrogen and oxygen atoms in total. The Kier molecular flexibility index (Phi) is 5.46. The van der Waals surface area contributed by atoms with Crippen molar-refractivity contribution >= 4 is 15.7 Å². The van der Waals surface area contributed by atoms with Gasteiger partial charge >= 0.3 is 12.4 Å². The van der Waals surface area contributed by atoms with Crippen molar-refractivity contribution in [1.82, 2.24) is 10.1 Å². The highest BCUT2D eigenvalue weighted by Crippen LogP contribution is 2.59. The Labute approximate surface area is 189 Å². The van der Waals surface area contributed by atoms with Crippen LogP contribution >= 0.6 is 0 Å². The molecule has 34 heavy (non-hydrogen) atoms. The third-order valence-electron chi connectivity index (χ3n) is 6.11. The lowest BCUT2D eigenvalue weighted by molar-refractivity contribution is -0.189. The van der Waals surface area contributed by atoms with Crippen LogP contribution in [-0.4, -0.2) is 56.0 Å². The van der Waals surface area contributed by atoms with Gasteiger partial charge in [0.2, 0.25) is 5.76 Å². The standard InChI is InChI=1S/C20H18F6N2O5S/c1-10(19(21,22)23)32-14-4-3-12(34(2,30)31)5-13(14)17(29)28-8-11-7-18(11,9-28)15-6-16(33-27-15)20(24,25)26/h3-6,10-11H,7-9H2,1-2H3/t10-,11?,18?/m1/s1. The SMILES string of the molecule is C[C@@H](Oc1ccc(S(C)(=O)=O)cc1C(=O)N1CC2CC2(c2cc(C(F)(F)F)on2)C1)C(F)(F)F. The zero-order valence-electron chi connectivity index (χ0n) is 17.7.